The highest BCUT2D eigenvalue weighted by Crippen LogP contribution is 2.21. The number of hydrogen-bond acceptors (Lipinski definition) is 4. The summed E-state index contributed by atoms with van der Waals surface area (Å²) in [7, 11) is 0. The van der Waals surface area contributed by atoms with E-state index in [1.165, 1.54) is 0 Å². The number of aromatic nitrogens is 1. The highest BCUT2D eigenvalue weighted by atomic mass is 16.3. The number of nitrogens with zero attached hydrogens (tertiary/aromatic N) is 1. The predicted octanol–water partition coefficient (Wildman–Crippen LogP) is 2.72. The molecule has 4 heteroatoms. The van der Waals surface area contributed by atoms with E-state index in [0.717, 1.165) is 37.3 Å². The summed E-state index contributed by atoms with van der Waals surface area (Å²) in [4.78, 5) is 4.21. The fraction of sp³-hybridized carbons (Fsp3) is 0.643. The number of aliphatic hydroxyl groups excluding tert-OH is 1. The number of aliphatic hydroxyl groups is 1. The second-order valence-corrected chi connectivity index (χ2v) is 5.38. The fourth-order valence-corrected chi connectivity index (χ4v) is 1.64. The summed E-state index contributed by atoms with van der Waals surface area (Å²) < 4.78 is 0. The van der Waals surface area contributed by atoms with Crippen molar-refractivity contribution in [1.82, 2.24) is 4.98 Å². The van der Waals surface area contributed by atoms with Crippen LogP contribution in [-0.2, 0) is 0 Å². The minimum atomic E-state index is 0.0849. The van der Waals surface area contributed by atoms with Gasteiger partial charge in [-0.2, -0.15) is 0 Å². The van der Waals surface area contributed by atoms with E-state index in [0.29, 0.717) is 0 Å². The van der Waals surface area contributed by atoms with Crippen molar-refractivity contribution < 1.29 is 5.11 Å². The van der Waals surface area contributed by atoms with Gasteiger partial charge in [0.05, 0.1) is 23.8 Å². The van der Waals surface area contributed by atoms with Crippen LogP contribution in [0.25, 0.3) is 0 Å². The van der Waals surface area contributed by atoms with Gasteiger partial charge in [-0.3, -0.25) is 4.98 Å². The molecule has 0 aliphatic heterocycles. The lowest BCUT2D eigenvalue weighted by Crippen LogP contribution is -2.24. The third-order valence-corrected chi connectivity index (χ3v) is 2.88. The predicted molar refractivity (Wildman–Crippen MR) is 77.0 cm³/mol. The maximum atomic E-state index is 8.99. The van der Waals surface area contributed by atoms with Gasteiger partial charge in [-0.1, -0.05) is 20.8 Å². The third-order valence-electron chi connectivity index (χ3n) is 2.88. The molecular weight excluding hydrogens is 226 g/mol. The van der Waals surface area contributed by atoms with E-state index in [1.807, 2.05) is 12.4 Å². The summed E-state index contributed by atoms with van der Waals surface area (Å²) in [5.41, 5.74) is 2.14. The molecule has 0 aromatic carbocycles. The van der Waals surface area contributed by atoms with Crippen LogP contribution in [-0.4, -0.2) is 29.8 Å². The smallest absolute Gasteiger partial charge is 0.0547 e. The summed E-state index contributed by atoms with van der Waals surface area (Å²) in [5, 5.41) is 15.7. The molecule has 0 aliphatic carbocycles. The molecule has 0 bridgehead atoms. The SMILES string of the molecule is CCCNc1cncc(NCC(C)(C)CCO)c1. The maximum absolute atomic E-state index is 8.99. The van der Waals surface area contributed by atoms with Gasteiger partial charge in [0.2, 0.25) is 0 Å². The van der Waals surface area contributed by atoms with Crippen LogP contribution in [0.5, 0.6) is 0 Å². The van der Waals surface area contributed by atoms with Crippen molar-refractivity contribution in [3.05, 3.63) is 18.5 Å². The van der Waals surface area contributed by atoms with Crippen molar-refractivity contribution in [2.45, 2.75) is 33.6 Å². The fourth-order valence-electron chi connectivity index (χ4n) is 1.64. The first kappa shape index (κ1) is 14.8. The number of pyridine rings is 1. The van der Waals surface area contributed by atoms with E-state index in [1.54, 1.807) is 0 Å². The molecule has 1 heterocycles. The highest BCUT2D eigenvalue weighted by Gasteiger charge is 2.16. The molecule has 0 aliphatic rings. The number of anilines is 2. The van der Waals surface area contributed by atoms with E-state index < -0.39 is 0 Å². The maximum Gasteiger partial charge on any atom is 0.0547 e. The quantitative estimate of drug-likeness (QED) is 0.665. The molecule has 0 spiro atoms. The van der Waals surface area contributed by atoms with E-state index >= 15 is 0 Å². The summed E-state index contributed by atoms with van der Waals surface area (Å²) in [6.07, 6.45) is 5.55. The van der Waals surface area contributed by atoms with Gasteiger partial charge in [0.15, 0.2) is 0 Å². The molecule has 0 unspecified atom stereocenters. The number of nitrogens with one attached hydrogen (secondary N) is 2. The average Bonchev–Trinajstić information content (AvgIpc) is 2.35. The van der Waals surface area contributed by atoms with Crippen molar-refractivity contribution in [2.24, 2.45) is 5.41 Å². The van der Waals surface area contributed by atoms with E-state index in [4.69, 9.17) is 5.11 Å². The molecule has 0 saturated heterocycles. The lowest BCUT2D eigenvalue weighted by molar-refractivity contribution is 0.220. The van der Waals surface area contributed by atoms with Gasteiger partial charge in [-0.05, 0) is 24.3 Å². The van der Waals surface area contributed by atoms with Crippen LogP contribution in [0.3, 0.4) is 0 Å². The molecular formula is C14H25N3O. The first-order valence-corrected chi connectivity index (χ1v) is 6.61. The lowest BCUT2D eigenvalue weighted by Gasteiger charge is -2.24. The van der Waals surface area contributed by atoms with Crippen LogP contribution in [0.2, 0.25) is 0 Å². The van der Waals surface area contributed by atoms with Gasteiger partial charge in [-0.25, -0.2) is 0 Å². The molecule has 18 heavy (non-hydrogen) atoms. The van der Waals surface area contributed by atoms with Crippen LogP contribution >= 0.6 is 0 Å². The zero-order chi connectivity index (χ0) is 13.4. The standard InChI is InChI=1S/C14H25N3O/c1-4-6-16-12-8-13(10-15-9-12)17-11-14(2,3)5-7-18/h8-10,16-18H,4-7,11H2,1-3H3. The molecule has 1 rings (SSSR count). The molecule has 0 atom stereocenters. The van der Waals surface area contributed by atoms with Crippen LogP contribution in [0.15, 0.2) is 18.5 Å². The molecule has 102 valence electrons. The first-order valence-electron chi connectivity index (χ1n) is 6.61. The Bertz CT molecular complexity index is 353. The molecule has 0 saturated carbocycles. The molecule has 1 aromatic rings. The number of hydrogen-bond donors (Lipinski definition) is 3. The highest BCUT2D eigenvalue weighted by molar-refractivity contribution is 5.53. The third kappa shape index (κ3) is 5.36. The van der Waals surface area contributed by atoms with Gasteiger partial charge >= 0.3 is 0 Å². The molecule has 3 N–H and O–H groups in total. The molecule has 0 fully saturated rings. The van der Waals surface area contributed by atoms with Crippen molar-refractivity contribution in [3.8, 4) is 0 Å². The van der Waals surface area contributed by atoms with Crippen LogP contribution in [0, 0.1) is 5.41 Å². The Labute approximate surface area is 110 Å². The van der Waals surface area contributed by atoms with E-state index in [-0.39, 0.29) is 12.0 Å². The first-order chi connectivity index (χ1) is 8.57. The van der Waals surface area contributed by atoms with Crippen molar-refractivity contribution in [2.75, 3.05) is 30.3 Å². The second kappa shape index (κ2) is 7.21. The largest absolute Gasteiger partial charge is 0.396 e. The van der Waals surface area contributed by atoms with Gasteiger partial charge in [0.1, 0.15) is 0 Å². The van der Waals surface area contributed by atoms with Crippen molar-refractivity contribution in [3.63, 3.8) is 0 Å². The van der Waals surface area contributed by atoms with E-state index in [2.05, 4.69) is 42.5 Å². The van der Waals surface area contributed by atoms with Crippen LogP contribution in [0.1, 0.15) is 33.6 Å². The Morgan fingerprint density at radius 2 is 1.89 bits per heavy atom. The topological polar surface area (TPSA) is 57.2 Å². The van der Waals surface area contributed by atoms with Crippen molar-refractivity contribution >= 4 is 11.4 Å². The minimum Gasteiger partial charge on any atom is -0.396 e. The molecule has 0 amide bonds. The van der Waals surface area contributed by atoms with E-state index in [9.17, 15) is 0 Å². The summed E-state index contributed by atoms with van der Waals surface area (Å²) in [6.45, 7) is 8.43. The van der Waals surface area contributed by atoms with Gasteiger partial charge < -0.3 is 15.7 Å². The zero-order valence-electron chi connectivity index (χ0n) is 11.7. The summed E-state index contributed by atoms with van der Waals surface area (Å²) in [5.74, 6) is 0. The lowest BCUT2D eigenvalue weighted by atomic mass is 9.90. The van der Waals surface area contributed by atoms with Crippen LogP contribution < -0.4 is 10.6 Å². The van der Waals surface area contributed by atoms with Crippen LogP contribution in [0.4, 0.5) is 11.4 Å². The Morgan fingerprint density at radius 3 is 2.50 bits per heavy atom. The zero-order valence-corrected chi connectivity index (χ0v) is 11.7. The van der Waals surface area contributed by atoms with Gasteiger partial charge in [0.25, 0.3) is 0 Å². The Hall–Kier alpha value is -1.29. The molecule has 1 aromatic heterocycles. The Balaban J connectivity index is 2.51. The monoisotopic (exact) mass is 251 g/mol. The van der Waals surface area contributed by atoms with Gasteiger partial charge in [-0.15, -0.1) is 0 Å². The molecule has 0 radical (unpaired) electrons. The molecule has 4 nitrogen and oxygen atoms in total. The normalized spacial score (nSPS) is 11.3. The number of rotatable bonds is 8. The summed E-state index contributed by atoms with van der Waals surface area (Å²) in [6, 6.07) is 2.07. The van der Waals surface area contributed by atoms with Gasteiger partial charge in [0, 0.05) is 19.7 Å². The van der Waals surface area contributed by atoms with Crippen molar-refractivity contribution in [1.29, 1.82) is 0 Å². The summed E-state index contributed by atoms with van der Waals surface area (Å²) >= 11 is 0. The average molecular weight is 251 g/mol. The Morgan fingerprint density at radius 1 is 1.22 bits per heavy atom. The second-order valence-electron chi connectivity index (χ2n) is 5.38. The minimum absolute atomic E-state index is 0.0849. The Kier molecular flexibility index (Phi) is 5.92.